The van der Waals surface area contributed by atoms with Crippen LogP contribution in [0.25, 0.3) is 0 Å². The van der Waals surface area contributed by atoms with Crippen LogP contribution < -0.4 is 15.2 Å². The maximum atomic E-state index is 10.9. The van der Waals surface area contributed by atoms with Gasteiger partial charge in [-0.25, -0.2) is 0 Å². The number of aliphatic carboxylic acids is 1. The number of ether oxygens (including phenoxy) is 3. The van der Waals surface area contributed by atoms with Crippen molar-refractivity contribution in [2.75, 3.05) is 21.3 Å². The molecule has 3 N–H and O–H groups in total. The van der Waals surface area contributed by atoms with Crippen LogP contribution in [-0.2, 0) is 16.1 Å². The molecular formula is C12H17NO5. The minimum Gasteiger partial charge on any atom is -0.492 e. The Bertz CT molecular complexity index is 433. The fraction of sp³-hybridized carbons (Fsp3) is 0.417. The van der Waals surface area contributed by atoms with E-state index in [1.54, 1.807) is 19.2 Å². The summed E-state index contributed by atoms with van der Waals surface area (Å²) in [7, 11) is 4.47. The summed E-state index contributed by atoms with van der Waals surface area (Å²) in [6.07, 6.45) is 0. The lowest BCUT2D eigenvalue weighted by Crippen LogP contribution is -2.21. The Labute approximate surface area is 105 Å². The van der Waals surface area contributed by atoms with Gasteiger partial charge in [0, 0.05) is 18.2 Å². The van der Waals surface area contributed by atoms with Gasteiger partial charge in [0.1, 0.15) is 6.04 Å². The van der Waals surface area contributed by atoms with E-state index in [-0.39, 0.29) is 0 Å². The molecule has 0 fully saturated rings. The average molecular weight is 255 g/mol. The second-order valence-corrected chi connectivity index (χ2v) is 3.63. The molecule has 0 aliphatic heterocycles. The smallest absolute Gasteiger partial charge is 0.325 e. The van der Waals surface area contributed by atoms with Crippen LogP contribution in [0.2, 0.25) is 0 Å². The molecule has 0 saturated carbocycles. The lowest BCUT2D eigenvalue weighted by molar-refractivity contribution is -0.138. The molecule has 0 heterocycles. The normalized spacial score (nSPS) is 12.0. The molecule has 1 unspecified atom stereocenters. The standard InChI is InChI=1S/C12H17NO5/c1-16-6-7-4-5-8(9(13)12(14)15)11(18-3)10(7)17-2/h4-5,9H,6,13H2,1-3H3,(H,14,15). The molecule has 1 atom stereocenters. The van der Waals surface area contributed by atoms with Gasteiger partial charge in [0.05, 0.1) is 20.8 Å². The van der Waals surface area contributed by atoms with E-state index in [1.807, 2.05) is 0 Å². The summed E-state index contributed by atoms with van der Waals surface area (Å²) in [6, 6.07) is 2.16. The molecule has 0 bridgehead atoms. The molecule has 1 aromatic rings. The van der Waals surface area contributed by atoms with Crippen molar-refractivity contribution in [1.29, 1.82) is 0 Å². The molecule has 0 radical (unpaired) electrons. The molecule has 100 valence electrons. The summed E-state index contributed by atoms with van der Waals surface area (Å²) in [4.78, 5) is 10.9. The van der Waals surface area contributed by atoms with E-state index in [9.17, 15) is 4.79 Å². The number of rotatable bonds is 6. The van der Waals surface area contributed by atoms with Gasteiger partial charge < -0.3 is 25.1 Å². The number of carboxylic acid groups (broad SMARTS) is 1. The van der Waals surface area contributed by atoms with E-state index in [1.165, 1.54) is 14.2 Å². The van der Waals surface area contributed by atoms with Crippen LogP contribution in [0.1, 0.15) is 17.2 Å². The first-order valence-corrected chi connectivity index (χ1v) is 5.27. The quantitative estimate of drug-likeness (QED) is 0.786. The molecule has 0 saturated heterocycles. The Hall–Kier alpha value is -1.79. The molecular weight excluding hydrogens is 238 g/mol. The number of hydrogen-bond acceptors (Lipinski definition) is 5. The van der Waals surface area contributed by atoms with Gasteiger partial charge in [0.15, 0.2) is 11.5 Å². The van der Waals surface area contributed by atoms with Crippen molar-refractivity contribution in [1.82, 2.24) is 0 Å². The first-order chi connectivity index (χ1) is 8.56. The highest BCUT2D eigenvalue weighted by Gasteiger charge is 2.23. The van der Waals surface area contributed by atoms with Crippen LogP contribution >= 0.6 is 0 Å². The summed E-state index contributed by atoms with van der Waals surface area (Å²) < 4.78 is 15.5. The van der Waals surface area contributed by atoms with E-state index >= 15 is 0 Å². The largest absolute Gasteiger partial charge is 0.492 e. The SMILES string of the molecule is COCc1ccc(C(N)C(=O)O)c(OC)c1OC. The summed E-state index contributed by atoms with van der Waals surface area (Å²) in [5.41, 5.74) is 6.72. The number of carbonyl (C=O) groups is 1. The van der Waals surface area contributed by atoms with Gasteiger partial charge >= 0.3 is 5.97 Å². The predicted octanol–water partition coefficient (Wildman–Crippen LogP) is 0.935. The third-order valence-corrected chi connectivity index (χ3v) is 2.53. The Morgan fingerprint density at radius 2 is 1.89 bits per heavy atom. The molecule has 1 rings (SSSR count). The number of hydrogen-bond donors (Lipinski definition) is 2. The highest BCUT2D eigenvalue weighted by Crippen LogP contribution is 2.37. The van der Waals surface area contributed by atoms with Gasteiger partial charge in [-0.1, -0.05) is 12.1 Å². The van der Waals surface area contributed by atoms with Gasteiger partial charge in [-0.15, -0.1) is 0 Å². The Morgan fingerprint density at radius 1 is 1.28 bits per heavy atom. The third kappa shape index (κ3) is 2.72. The molecule has 0 aromatic heterocycles. The van der Waals surface area contributed by atoms with E-state index in [0.29, 0.717) is 23.7 Å². The van der Waals surface area contributed by atoms with Gasteiger partial charge in [-0.3, -0.25) is 4.79 Å². The maximum absolute atomic E-state index is 10.9. The maximum Gasteiger partial charge on any atom is 0.325 e. The van der Waals surface area contributed by atoms with E-state index < -0.39 is 12.0 Å². The minimum absolute atomic E-state index is 0.321. The number of methoxy groups -OCH3 is 3. The van der Waals surface area contributed by atoms with Crippen molar-refractivity contribution in [3.63, 3.8) is 0 Å². The van der Waals surface area contributed by atoms with Gasteiger partial charge in [-0.05, 0) is 0 Å². The van der Waals surface area contributed by atoms with E-state index in [2.05, 4.69) is 0 Å². The van der Waals surface area contributed by atoms with Crippen LogP contribution in [0, 0.1) is 0 Å². The molecule has 0 aliphatic rings. The fourth-order valence-corrected chi connectivity index (χ4v) is 1.70. The zero-order valence-electron chi connectivity index (χ0n) is 10.6. The molecule has 0 aliphatic carbocycles. The van der Waals surface area contributed by atoms with Crippen molar-refractivity contribution in [2.45, 2.75) is 12.6 Å². The third-order valence-electron chi connectivity index (χ3n) is 2.53. The van der Waals surface area contributed by atoms with Crippen LogP contribution in [0.5, 0.6) is 11.5 Å². The van der Waals surface area contributed by atoms with Gasteiger partial charge in [0.2, 0.25) is 0 Å². The second-order valence-electron chi connectivity index (χ2n) is 3.63. The number of carboxylic acids is 1. The summed E-state index contributed by atoms with van der Waals surface area (Å²) in [5, 5.41) is 8.95. The number of nitrogens with two attached hydrogens (primary N) is 1. The van der Waals surface area contributed by atoms with Crippen molar-refractivity contribution in [3.05, 3.63) is 23.3 Å². The summed E-state index contributed by atoms with van der Waals surface area (Å²) in [6.45, 7) is 0.335. The first-order valence-electron chi connectivity index (χ1n) is 5.27. The fourth-order valence-electron chi connectivity index (χ4n) is 1.70. The van der Waals surface area contributed by atoms with Crippen LogP contribution in [0.4, 0.5) is 0 Å². The lowest BCUT2D eigenvalue weighted by atomic mass is 10.0. The topological polar surface area (TPSA) is 91.0 Å². The van der Waals surface area contributed by atoms with Crippen LogP contribution in [0.3, 0.4) is 0 Å². The predicted molar refractivity (Wildman–Crippen MR) is 64.8 cm³/mol. The molecule has 6 nitrogen and oxygen atoms in total. The van der Waals surface area contributed by atoms with E-state index in [4.69, 9.17) is 25.1 Å². The Morgan fingerprint density at radius 3 is 2.33 bits per heavy atom. The highest BCUT2D eigenvalue weighted by atomic mass is 16.5. The molecule has 1 aromatic carbocycles. The Kier molecular flexibility index (Phi) is 4.94. The molecule has 0 spiro atoms. The lowest BCUT2D eigenvalue weighted by Gasteiger charge is -2.18. The Balaban J connectivity index is 3.33. The van der Waals surface area contributed by atoms with Crippen molar-refractivity contribution < 1.29 is 24.1 Å². The number of benzene rings is 1. The van der Waals surface area contributed by atoms with Crippen molar-refractivity contribution >= 4 is 5.97 Å². The molecule has 6 heteroatoms. The average Bonchev–Trinajstić information content (AvgIpc) is 2.37. The second kappa shape index (κ2) is 6.23. The van der Waals surface area contributed by atoms with Crippen molar-refractivity contribution in [3.8, 4) is 11.5 Å². The van der Waals surface area contributed by atoms with Crippen LogP contribution in [0.15, 0.2) is 12.1 Å². The molecule has 18 heavy (non-hydrogen) atoms. The monoisotopic (exact) mass is 255 g/mol. The van der Waals surface area contributed by atoms with Gasteiger partial charge in [-0.2, -0.15) is 0 Å². The summed E-state index contributed by atoms with van der Waals surface area (Å²) in [5.74, 6) is -0.370. The van der Waals surface area contributed by atoms with Gasteiger partial charge in [0.25, 0.3) is 0 Å². The van der Waals surface area contributed by atoms with Crippen molar-refractivity contribution in [2.24, 2.45) is 5.73 Å². The zero-order chi connectivity index (χ0) is 13.7. The molecule has 0 amide bonds. The first kappa shape index (κ1) is 14.3. The van der Waals surface area contributed by atoms with E-state index in [0.717, 1.165) is 5.56 Å². The summed E-state index contributed by atoms with van der Waals surface area (Å²) >= 11 is 0. The minimum atomic E-state index is -1.16. The van der Waals surface area contributed by atoms with Crippen LogP contribution in [-0.4, -0.2) is 32.4 Å². The highest BCUT2D eigenvalue weighted by molar-refractivity contribution is 5.77. The zero-order valence-corrected chi connectivity index (χ0v) is 10.6.